The van der Waals surface area contributed by atoms with Crippen LogP contribution in [-0.4, -0.2) is 64.2 Å². The Morgan fingerprint density at radius 3 is 2.61 bits per heavy atom. The molecular weight excluding hydrogens is 423 g/mol. The smallest absolute Gasteiger partial charge is 0.270 e. The molecule has 1 saturated carbocycles. The van der Waals surface area contributed by atoms with Gasteiger partial charge in [-0.1, -0.05) is 26.2 Å². The van der Waals surface area contributed by atoms with Gasteiger partial charge in [-0.05, 0) is 49.9 Å². The number of nitrogens with one attached hydrogen (secondary N) is 2. The topological polar surface area (TPSA) is 85.5 Å². The molecule has 1 radical (unpaired) electrons. The number of halogens is 1. The van der Waals surface area contributed by atoms with Gasteiger partial charge in [0, 0.05) is 43.0 Å². The van der Waals surface area contributed by atoms with Gasteiger partial charge in [-0.3, -0.25) is 14.4 Å². The minimum absolute atomic E-state index is 0.0582. The van der Waals surface area contributed by atoms with Crippen molar-refractivity contribution in [1.82, 2.24) is 20.1 Å². The number of H-pyrrole nitrogens is 1. The van der Waals surface area contributed by atoms with Crippen LogP contribution in [0.3, 0.4) is 0 Å². The molecule has 1 saturated heterocycles. The van der Waals surface area contributed by atoms with Crippen LogP contribution in [0, 0.1) is 18.2 Å². The number of fused-ring (bicyclic) bond motifs is 1. The van der Waals surface area contributed by atoms with Gasteiger partial charge in [0.25, 0.3) is 5.91 Å². The number of aromatic nitrogens is 1. The van der Waals surface area contributed by atoms with E-state index in [1.165, 1.54) is 25.0 Å². The third-order valence-corrected chi connectivity index (χ3v) is 6.96. The predicted molar refractivity (Wildman–Crippen MR) is 124 cm³/mol. The third kappa shape index (κ3) is 5.04. The summed E-state index contributed by atoms with van der Waals surface area (Å²) < 4.78 is 13.5. The lowest BCUT2D eigenvalue weighted by Crippen LogP contribution is -2.60. The summed E-state index contributed by atoms with van der Waals surface area (Å²) in [6.07, 6.45) is 6.66. The van der Waals surface area contributed by atoms with Crippen molar-refractivity contribution in [3.63, 3.8) is 0 Å². The summed E-state index contributed by atoms with van der Waals surface area (Å²) in [5, 5.41) is 3.58. The van der Waals surface area contributed by atoms with Gasteiger partial charge in [0.2, 0.25) is 11.8 Å². The molecule has 0 bridgehead atoms. The second kappa shape index (κ2) is 9.93. The highest BCUT2D eigenvalue weighted by Crippen LogP contribution is 2.28. The van der Waals surface area contributed by atoms with Crippen LogP contribution in [0.5, 0.6) is 0 Å². The average molecular weight is 456 g/mol. The van der Waals surface area contributed by atoms with Crippen molar-refractivity contribution >= 4 is 28.6 Å². The maximum absolute atomic E-state index is 13.5. The van der Waals surface area contributed by atoms with Crippen LogP contribution in [-0.2, 0) is 9.59 Å². The van der Waals surface area contributed by atoms with Crippen LogP contribution in [0.1, 0.15) is 56.4 Å². The van der Waals surface area contributed by atoms with Gasteiger partial charge in [-0.15, -0.1) is 0 Å². The Morgan fingerprint density at radius 1 is 1.15 bits per heavy atom. The van der Waals surface area contributed by atoms with Gasteiger partial charge in [0.05, 0.1) is 0 Å². The Bertz CT molecular complexity index is 1030. The zero-order valence-electron chi connectivity index (χ0n) is 19.3. The quantitative estimate of drug-likeness (QED) is 0.726. The first kappa shape index (κ1) is 23.3. The fourth-order valence-corrected chi connectivity index (χ4v) is 5.11. The summed E-state index contributed by atoms with van der Waals surface area (Å²) in [5.74, 6) is -0.643. The molecule has 177 valence electrons. The molecule has 2 aromatic rings. The van der Waals surface area contributed by atoms with Gasteiger partial charge in [-0.2, -0.15) is 0 Å². The van der Waals surface area contributed by atoms with Crippen molar-refractivity contribution in [2.75, 3.05) is 19.6 Å². The van der Waals surface area contributed by atoms with Crippen LogP contribution in [0.2, 0.25) is 0 Å². The zero-order valence-corrected chi connectivity index (χ0v) is 19.3. The highest BCUT2D eigenvalue weighted by Gasteiger charge is 2.37. The number of piperazine rings is 1. The number of benzene rings is 1. The van der Waals surface area contributed by atoms with E-state index in [0.29, 0.717) is 36.2 Å². The Kier molecular flexibility index (Phi) is 7.00. The van der Waals surface area contributed by atoms with Gasteiger partial charge in [0.15, 0.2) is 0 Å². The molecule has 2 atom stereocenters. The molecule has 7 nitrogen and oxygen atoms in total. The average Bonchev–Trinajstić information content (AvgIpc) is 3.25. The molecule has 8 heteroatoms. The fraction of sp³-hybridized carbons (Fsp3) is 0.520. The van der Waals surface area contributed by atoms with E-state index in [2.05, 4.69) is 10.3 Å². The van der Waals surface area contributed by atoms with E-state index in [-0.39, 0.29) is 35.5 Å². The number of amides is 3. The number of hydrogen-bond donors (Lipinski definition) is 2. The number of carbonyl (C=O) groups is 3. The second-order valence-corrected chi connectivity index (χ2v) is 9.22. The van der Waals surface area contributed by atoms with Crippen LogP contribution < -0.4 is 5.32 Å². The van der Waals surface area contributed by atoms with Crippen molar-refractivity contribution in [3.8, 4) is 0 Å². The van der Waals surface area contributed by atoms with Gasteiger partial charge >= 0.3 is 0 Å². The summed E-state index contributed by atoms with van der Waals surface area (Å²) in [5.41, 5.74) is 1.12. The third-order valence-electron chi connectivity index (χ3n) is 6.96. The van der Waals surface area contributed by atoms with Gasteiger partial charge in [0.1, 0.15) is 17.6 Å². The van der Waals surface area contributed by atoms with Crippen molar-refractivity contribution in [1.29, 1.82) is 0 Å². The van der Waals surface area contributed by atoms with Gasteiger partial charge < -0.3 is 20.1 Å². The molecule has 4 rings (SSSR count). The molecule has 2 aliphatic rings. The molecule has 2 heterocycles. The van der Waals surface area contributed by atoms with E-state index in [0.717, 1.165) is 25.7 Å². The Balaban J connectivity index is 1.44. The summed E-state index contributed by atoms with van der Waals surface area (Å²) in [4.78, 5) is 45.3. The van der Waals surface area contributed by atoms with Crippen molar-refractivity contribution in [3.05, 3.63) is 42.2 Å². The summed E-state index contributed by atoms with van der Waals surface area (Å²) in [6, 6.07) is 5.34. The first-order valence-corrected chi connectivity index (χ1v) is 11.8. The maximum atomic E-state index is 13.5. The van der Waals surface area contributed by atoms with E-state index < -0.39 is 6.04 Å². The van der Waals surface area contributed by atoms with E-state index >= 15 is 0 Å². The standard InChI is InChI=1S/C25H32FN4O3/c1-3-22(31)28-23(17-7-5-4-6-8-17)25(33)29-11-12-30(16(2)15-29)24(32)21-14-18-13-19(26)9-10-20(18)27-21/h3,9-10,13-14,16-17,23,27H,4-8,11-12,15H2,1-2H3,(H,28,31)/t16-,23-/m0/s1. The van der Waals surface area contributed by atoms with Crippen molar-refractivity contribution in [2.45, 2.75) is 58.0 Å². The Hall–Kier alpha value is -2.90. The molecule has 0 spiro atoms. The van der Waals surface area contributed by atoms with Crippen LogP contribution in [0.25, 0.3) is 10.9 Å². The molecule has 33 heavy (non-hydrogen) atoms. The first-order chi connectivity index (χ1) is 15.9. The lowest BCUT2D eigenvalue weighted by molar-refractivity contribution is -0.140. The Labute approximate surface area is 193 Å². The van der Waals surface area contributed by atoms with E-state index in [9.17, 15) is 18.8 Å². The number of nitrogens with zero attached hydrogens (tertiary/aromatic N) is 2. The number of hydrogen-bond acceptors (Lipinski definition) is 3. The minimum atomic E-state index is -0.521. The maximum Gasteiger partial charge on any atom is 0.270 e. The first-order valence-electron chi connectivity index (χ1n) is 11.8. The lowest BCUT2D eigenvalue weighted by atomic mass is 9.83. The van der Waals surface area contributed by atoms with Crippen LogP contribution in [0.4, 0.5) is 4.39 Å². The molecule has 2 fully saturated rings. The highest BCUT2D eigenvalue weighted by molar-refractivity contribution is 5.98. The molecule has 1 aliphatic carbocycles. The molecule has 1 aliphatic heterocycles. The SMILES string of the molecule is C[CH]C(=O)N[C@H](C(=O)N1CCN(C(=O)c2cc3cc(F)ccc3[nH]2)[C@@H](C)C1)C1CCCCC1. The predicted octanol–water partition coefficient (Wildman–Crippen LogP) is 3.27. The lowest BCUT2D eigenvalue weighted by Gasteiger charge is -2.42. The molecular formula is C25H32FN4O3. The van der Waals surface area contributed by atoms with Crippen molar-refractivity contribution < 1.29 is 18.8 Å². The number of aromatic amines is 1. The normalized spacial score (nSPS) is 20.6. The minimum Gasteiger partial charge on any atom is -0.351 e. The van der Waals surface area contributed by atoms with E-state index in [1.54, 1.807) is 28.9 Å². The molecule has 3 amide bonds. The van der Waals surface area contributed by atoms with E-state index in [1.807, 2.05) is 6.92 Å². The summed E-state index contributed by atoms with van der Waals surface area (Å²) in [6.45, 7) is 4.82. The zero-order chi connectivity index (χ0) is 23.5. The highest BCUT2D eigenvalue weighted by atomic mass is 19.1. The monoisotopic (exact) mass is 455 g/mol. The van der Waals surface area contributed by atoms with Crippen LogP contribution >= 0.6 is 0 Å². The largest absolute Gasteiger partial charge is 0.351 e. The number of carbonyl (C=O) groups excluding carboxylic acids is 3. The summed E-state index contributed by atoms with van der Waals surface area (Å²) in [7, 11) is 0. The van der Waals surface area contributed by atoms with Gasteiger partial charge in [-0.25, -0.2) is 4.39 Å². The molecule has 1 aromatic carbocycles. The fourth-order valence-electron chi connectivity index (χ4n) is 5.11. The van der Waals surface area contributed by atoms with Crippen LogP contribution in [0.15, 0.2) is 24.3 Å². The molecule has 1 aromatic heterocycles. The molecule has 0 unspecified atom stereocenters. The second-order valence-electron chi connectivity index (χ2n) is 9.22. The summed E-state index contributed by atoms with van der Waals surface area (Å²) >= 11 is 0. The Morgan fingerprint density at radius 2 is 1.91 bits per heavy atom. The van der Waals surface area contributed by atoms with Crippen molar-refractivity contribution in [2.24, 2.45) is 5.92 Å². The van der Waals surface area contributed by atoms with E-state index in [4.69, 9.17) is 0 Å². The number of rotatable bonds is 5. The molecule has 2 N–H and O–H groups in total.